The number of hydrogen-bond acceptors (Lipinski definition) is 3. The average molecular weight is 328 g/mol. The average Bonchev–Trinajstić information content (AvgIpc) is 2.65. The number of hydrogen-bond donors (Lipinski definition) is 1. The number of aryl methyl sites for hydroxylation is 2. The van der Waals surface area contributed by atoms with Gasteiger partial charge in [-0.05, 0) is 41.9 Å². The highest BCUT2D eigenvalue weighted by molar-refractivity contribution is 9.10. The van der Waals surface area contributed by atoms with Crippen LogP contribution in [0.15, 0.2) is 28.7 Å². The number of nitro benzene ring substituents is 1. The minimum atomic E-state index is -0.560. The van der Waals surface area contributed by atoms with E-state index in [4.69, 9.17) is 0 Å². The molecule has 0 amide bonds. The van der Waals surface area contributed by atoms with Crippen molar-refractivity contribution in [3.05, 3.63) is 56.1 Å². The van der Waals surface area contributed by atoms with E-state index in [1.54, 1.807) is 4.68 Å². The summed E-state index contributed by atoms with van der Waals surface area (Å²) in [6, 6.07) is 5.97. The zero-order chi connectivity index (χ0) is 14.2. The minimum Gasteiger partial charge on any atom is -0.288 e. The Balaban J connectivity index is 2.50. The zero-order valence-electron chi connectivity index (χ0n) is 10.3. The number of anilines is 1. The van der Waals surface area contributed by atoms with Crippen LogP contribution in [0.4, 0.5) is 15.8 Å². The van der Waals surface area contributed by atoms with Crippen LogP contribution in [0.5, 0.6) is 0 Å². The molecule has 0 spiro atoms. The summed E-state index contributed by atoms with van der Waals surface area (Å²) in [5.41, 5.74) is 4.50. The molecule has 1 aromatic heterocycles. The first-order valence-corrected chi connectivity index (χ1v) is 6.25. The normalized spacial score (nSPS) is 10.5. The number of benzene rings is 1. The summed E-state index contributed by atoms with van der Waals surface area (Å²) in [6.07, 6.45) is 0. The van der Waals surface area contributed by atoms with Crippen molar-refractivity contribution >= 4 is 27.3 Å². The molecule has 0 aliphatic heterocycles. The number of rotatable bonds is 3. The Morgan fingerprint density at radius 2 is 1.89 bits per heavy atom. The van der Waals surface area contributed by atoms with E-state index in [0.717, 1.165) is 23.5 Å². The molecule has 0 aliphatic carbocycles. The Morgan fingerprint density at radius 3 is 2.42 bits per heavy atom. The number of aromatic nitrogens is 1. The van der Waals surface area contributed by atoms with Crippen LogP contribution in [0.2, 0.25) is 0 Å². The summed E-state index contributed by atoms with van der Waals surface area (Å²) in [4.78, 5) is 10.4. The van der Waals surface area contributed by atoms with E-state index in [1.165, 1.54) is 0 Å². The molecule has 1 N–H and O–H groups in total. The van der Waals surface area contributed by atoms with Crippen LogP contribution in [-0.2, 0) is 0 Å². The van der Waals surface area contributed by atoms with Gasteiger partial charge in [-0.1, -0.05) is 0 Å². The van der Waals surface area contributed by atoms with E-state index in [-0.39, 0.29) is 15.8 Å². The van der Waals surface area contributed by atoms with Gasteiger partial charge in [-0.25, -0.2) is 4.39 Å². The first kappa shape index (κ1) is 13.5. The minimum absolute atomic E-state index is 0.0608. The Morgan fingerprint density at radius 1 is 1.32 bits per heavy atom. The fourth-order valence-corrected chi connectivity index (χ4v) is 2.07. The topological polar surface area (TPSA) is 60.1 Å². The van der Waals surface area contributed by atoms with Crippen molar-refractivity contribution in [3.63, 3.8) is 0 Å². The molecule has 0 bridgehead atoms. The number of nitrogens with one attached hydrogen (secondary N) is 1. The molecule has 0 radical (unpaired) electrons. The fraction of sp³-hybridized carbons (Fsp3) is 0.167. The monoisotopic (exact) mass is 327 g/mol. The Kier molecular flexibility index (Phi) is 3.57. The molecule has 1 heterocycles. The SMILES string of the molecule is Cc1ccc(C)n1Nc1cc(F)c(Br)cc1[N+](=O)[O-]. The Labute approximate surface area is 117 Å². The first-order chi connectivity index (χ1) is 8.90. The molecule has 0 saturated heterocycles. The molecule has 19 heavy (non-hydrogen) atoms. The lowest BCUT2D eigenvalue weighted by molar-refractivity contribution is -0.384. The van der Waals surface area contributed by atoms with Gasteiger partial charge in [0.15, 0.2) is 0 Å². The van der Waals surface area contributed by atoms with Gasteiger partial charge in [0.2, 0.25) is 0 Å². The van der Waals surface area contributed by atoms with Gasteiger partial charge in [0.1, 0.15) is 11.5 Å². The fourth-order valence-electron chi connectivity index (χ4n) is 1.74. The smallest absolute Gasteiger partial charge is 0.288 e. The van der Waals surface area contributed by atoms with Gasteiger partial charge >= 0.3 is 0 Å². The van der Waals surface area contributed by atoms with Crippen molar-refractivity contribution in [2.45, 2.75) is 13.8 Å². The van der Waals surface area contributed by atoms with Crippen molar-refractivity contribution in [3.8, 4) is 0 Å². The molecule has 5 nitrogen and oxygen atoms in total. The third-order valence-electron chi connectivity index (χ3n) is 2.74. The second kappa shape index (κ2) is 5.00. The predicted molar refractivity (Wildman–Crippen MR) is 73.7 cm³/mol. The maximum Gasteiger partial charge on any atom is 0.295 e. The summed E-state index contributed by atoms with van der Waals surface area (Å²) in [6.45, 7) is 3.70. The molecule has 0 fully saturated rings. The second-order valence-corrected chi connectivity index (χ2v) is 4.96. The summed E-state index contributed by atoms with van der Waals surface area (Å²) in [5.74, 6) is -0.560. The molecular weight excluding hydrogens is 317 g/mol. The van der Waals surface area contributed by atoms with Crippen molar-refractivity contribution in [2.75, 3.05) is 5.43 Å². The third kappa shape index (κ3) is 2.60. The van der Waals surface area contributed by atoms with Crippen LogP contribution < -0.4 is 5.43 Å². The Hall–Kier alpha value is -1.89. The highest BCUT2D eigenvalue weighted by atomic mass is 79.9. The zero-order valence-corrected chi connectivity index (χ0v) is 11.9. The molecule has 1 aromatic carbocycles. The molecular formula is C12H11BrFN3O2. The third-order valence-corrected chi connectivity index (χ3v) is 3.35. The maximum absolute atomic E-state index is 13.5. The largest absolute Gasteiger partial charge is 0.295 e. The molecule has 100 valence electrons. The number of nitro groups is 1. The molecule has 0 atom stereocenters. The van der Waals surface area contributed by atoms with Crippen LogP contribution in [-0.4, -0.2) is 9.60 Å². The van der Waals surface area contributed by atoms with E-state index in [2.05, 4.69) is 21.4 Å². The van der Waals surface area contributed by atoms with Crippen molar-refractivity contribution in [2.24, 2.45) is 0 Å². The molecule has 0 unspecified atom stereocenters. The summed E-state index contributed by atoms with van der Waals surface area (Å²) < 4.78 is 15.3. The Bertz CT molecular complexity index is 635. The quantitative estimate of drug-likeness (QED) is 0.689. The van der Waals surface area contributed by atoms with E-state index < -0.39 is 10.7 Å². The molecule has 0 saturated carbocycles. The molecule has 2 rings (SSSR count). The lowest BCUT2D eigenvalue weighted by Gasteiger charge is -2.13. The van der Waals surface area contributed by atoms with Crippen molar-refractivity contribution in [1.29, 1.82) is 0 Å². The highest BCUT2D eigenvalue weighted by Crippen LogP contribution is 2.31. The van der Waals surface area contributed by atoms with Crippen LogP contribution in [0.25, 0.3) is 0 Å². The van der Waals surface area contributed by atoms with Crippen LogP contribution in [0, 0.1) is 29.8 Å². The second-order valence-electron chi connectivity index (χ2n) is 4.10. The standard InChI is InChI=1S/C12H11BrFN3O2/c1-7-3-4-8(2)16(7)15-11-6-10(14)9(13)5-12(11)17(18)19/h3-6,15H,1-2H3. The highest BCUT2D eigenvalue weighted by Gasteiger charge is 2.18. The number of halogens is 2. The molecule has 2 aromatic rings. The maximum atomic E-state index is 13.5. The first-order valence-electron chi connectivity index (χ1n) is 5.45. The van der Waals surface area contributed by atoms with Crippen LogP contribution in [0.1, 0.15) is 11.4 Å². The van der Waals surface area contributed by atoms with E-state index in [1.807, 2.05) is 26.0 Å². The summed E-state index contributed by atoms with van der Waals surface area (Å²) >= 11 is 2.94. The van der Waals surface area contributed by atoms with Crippen molar-refractivity contribution < 1.29 is 9.31 Å². The van der Waals surface area contributed by atoms with Gasteiger partial charge in [0, 0.05) is 23.5 Å². The van der Waals surface area contributed by atoms with E-state index >= 15 is 0 Å². The predicted octanol–water partition coefficient (Wildman–Crippen LogP) is 3.79. The van der Waals surface area contributed by atoms with Gasteiger partial charge in [0.05, 0.1) is 9.40 Å². The molecule has 7 heteroatoms. The van der Waals surface area contributed by atoms with E-state index in [9.17, 15) is 14.5 Å². The van der Waals surface area contributed by atoms with Gasteiger partial charge in [0.25, 0.3) is 5.69 Å². The van der Waals surface area contributed by atoms with Gasteiger partial charge in [-0.2, -0.15) is 0 Å². The molecule has 0 aliphatic rings. The van der Waals surface area contributed by atoms with Crippen molar-refractivity contribution in [1.82, 2.24) is 4.68 Å². The summed E-state index contributed by atoms with van der Waals surface area (Å²) in [5, 5.41) is 11.0. The lowest BCUT2D eigenvalue weighted by Crippen LogP contribution is -2.13. The van der Waals surface area contributed by atoms with Gasteiger partial charge in [-0.15, -0.1) is 0 Å². The van der Waals surface area contributed by atoms with E-state index in [0.29, 0.717) is 0 Å². The number of nitrogens with zero attached hydrogens (tertiary/aromatic N) is 2. The lowest BCUT2D eigenvalue weighted by atomic mass is 10.2. The van der Waals surface area contributed by atoms with Gasteiger partial charge < -0.3 is 0 Å². The van der Waals surface area contributed by atoms with Crippen LogP contribution in [0.3, 0.4) is 0 Å². The van der Waals surface area contributed by atoms with Crippen LogP contribution >= 0.6 is 15.9 Å². The summed E-state index contributed by atoms with van der Waals surface area (Å²) in [7, 11) is 0. The van der Waals surface area contributed by atoms with Gasteiger partial charge in [-0.3, -0.25) is 20.2 Å².